The molecule has 0 fully saturated rings. The quantitative estimate of drug-likeness (QED) is 0.629. The van der Waals surface area contributed by atoms with Crippen molar-refractivity contribution >= 4 is 34.0 Å². The van der Waals surface area contributed by atoms with E-state index in [4.69, 9.17) is 16.6 Å². The predicted octanol–water partition coefficient (Wildman–Crippen LogP) is 4.43. The second-order valence-corrected chi connectivity index (χ2v) is 6.24. The fraction of sp³-hybridized carbons (Fsp3) is 0.375. The Labute approximate surface area is 133 Å². The summed E-state index contributed by atoms with van der Waals surface area (Å²) in [7, 11) is 0. The Morgan fingerprint density at radius 2 is 2.05 bits per heavy atom. The Hall–Kier alpha value is -1.39. The predicted molar refractivity (Wildman–Crippen MR) is 89.1 cm³/mol. The number of nitrogens with zero attached hydrogens (tertiary/aromatic N) is 3. The number of halogens is 1. The van der Waals surface area contributed by atoms with Gasteiger partial charge in [-0.15, -0.1) is 22.9 Å². The van der Waals surface area contributed by atoms with Gasteiger partial charge in [0.1, 0.15) is 5.82 Å². The van der Waals surface area contributed by atoms with Crippen molar-refractivity contribution in [2.45, 2.75) is 38.6 Å². The highest BCUT2D eigenvalue weighted by Crippen LogP contribution is 2.19. The minimum atomic E-state index is 0.492. The van der Waals surface area contributed by atoms with Gasteiger partial charge in [0, 0.05) is 24.8 Å². The number of para-hydroxylation sites is 2. The van der Waals surface area contributed by atoms with Crippen molar-refractivity contribution in [3.63, 3.8) is 0 Å². The van der Waals surface area contributed by atoms with Gasteiger partial charge >= 0.3 is 0 Å². The molecular weight excluding hydrogens is 302 g/mol. The molecule has 0 aliphatic rings. The number of aromatic nitrogens is 3. The van der Waals surface area contributed by atoms with Crippen molar-refractivity contribution < 1.29 is 0 Å². The molecule has 0 atom stereocenters. The van der Waals surface area contributed by atoms with Crippen LogP contribution in [0.2, 0.25) is 0 Å². The van der Waals surface area contributed by atoms with Gasteiger partial charge in [0.25, 0.3) is 0 Å². The third-order valence-electron chi connectivity index (χ3n) is 3.49. The molecule has 0 spiro atoms. The largest absolute Gasteiger partial charge is 0.328 e. The van der Waals surface area contributed by atoms with Gasteiger partial charge in [-0.05, 0) is 18.6 Å². The number of alkyl halides is 1. The van der Waals surface area contributed by atoms with Gasteiger partial charge in [-0.1, -0.05) is 19.1 Å². The highest BCUT2D eigenvalue weighted by atomic mass is 35.5. The Morgan fingerprint density at radius 1 is 1.19 bits per heavy atom. The maximum Gasteiger partial charge on any atom is 0.109 e. The van der Waals surface area contributed by atoms with Crippen molar-refractivity contribution in [1.82, 2.24) is 14.5 Å². The van der Waals surface area contributed by atoms with Crippen LogP contribution in [-0.4, -0.2) is 14.5 Å². The van der Waals surface area contributed by atoms with Gasteiger partial charge in [-0.3, -0.25) is 0 Å². The average molecular weight is 320 g/mol. The summed E-state index contributed by atoms with van der Waals surface area (Å²) in [6.45, 7) is 3.11. The van der Waals surface area contributed by atoms with E-state index in [1.54, 1.807) is 11.3 Å². The summed E-state index contributed by atoms with van der Waals surface area (Å²) in [4.78, 5) is 9.30. The van der Waals surface area contributed by atoms with E-state index in [-0.39, 0.29) is 0 Å². The smallest absolute Gasteiger partial charge is 0.109 e. The molecule has 0 unspecified atom stereocenters. The molecule has 0 radical (unpaired) electrons. The van der Waals surface area contributed by atoms with Crippen molar-refractivity contribution in [3.8, 4) is 0 Å². The molecule has 0 saturated carbocycles. The van der Waals surface area contributed by atoms with Crippen LogP contribution < -0.4 is 0 Å². The molecule has 21 heavy (non-hydrogen) atoms. The fourth-order valence-corrected chi connectivity index (χ4v) is 3.54. The SMILES string of the molecule is CCCc1nc2ccccc2n1CCc1nc(CCl)cs1. The zero-order valence-electron chi connectivity index (χ0n) is 12.1. The van der Waals surface area contributed by atoms with E-state index in [9.17, 15) is 0 Å². The third kappa shape index (κ3) is 3.11. The molecule has 0 N–H and O–H groups in total. The molecule has 0 aliphatic heterocycles. The van der Waals surface area contributed by atoms with Gasteiger partial charge in [-0.2, -0.15) is 0 Å². The number of hydrogen-bond acceptors (Lipinski definition) is 3. The van der Waals surface area contributed by atoms with Crippen LogP contribution in [0.5, 0.6) is 0 Å². The summed E-state index contributed by atoms with van der Waals surface area (Å²) in [5.74, 6) is 1.67. The number of benzene rings is 1. The van der Waals surface area contributed by atoms with Gasteiger partial charge in [0.05, 0.1) is 27.6 Å². The molecule has 0 aliphatic carbocycles. The maximum atomic E-state index is 5.81. The first kappa shape index (κ1) is 14.5. The fourth-order valence-electron chi connectivity index (χ4n) is 2.52. The van der Waals surface area contributed by atoms with Gasteiger partial charge < -0.3 is 4.57 Å². The molecule has 110 valence electrons. The molecule has 3 nitrogen and oxygen atoms in total. The van der Waals surface area contributed by atoms with E-state index in [2.05, 4.69) is 34.7 Å². The van der Waals surface area contributed by atoms with Crippen LogP contribution in [0.3, 0.4) is 0 Å². The van der Waals surface area contributed by atoms with Crippen molar-refractivity contribution in [3.05, 3.63) is 46.2 Å². The molecular formula is C16H18ClN3S. The highest BCUT2D eigenvalue weighted by Gasteiger charge is 2.10. The van der Waals surface area contributed by atoms with E-state index >= 15 is 0 Å². The third-order valence-corrected chi connectivity index (χ3v) is 4.72. The Morgan fingerprint density at radius 3 is 2.81 bits per heavy atom. The molecule has 0 amide bonds. The zero-order valence-corrected chi connectivity index (χ0v) is 13.6. The first-order valence-corrected chi connectivity index (χ1v) is 8.66. The monoisotopic (exact) mass is 319 g/mol. The number of fused-ring (bicyclic) bond motifs is 1. The van der Waals surface area contributed by atoms with Gasteiger partial charge in [0.2, 0.25) is 0 Å². The summed E-state index contributed by atoms with van der Waals surface area (Å²) in [6.07, 6.45) is 3.05. The lowest BCUT2D eigenvalue weighted by Gasteiger charge is -2.07. The lowest BCUT2D eigenvalue weighted by Crippen LogP contribution is -2.06. The van der Waals surface area contributed by atoms with E-state index in [1.807, 2.05) is 11.4 Å². The second kappa shape index (κ2) is 6.58. The van der Waals surface area contributed by atoms with Crippen molar-refractivity contribution in [2.75, 3.05) is 0 Å². The molecule has 2 aromatic heterocycles. The summed E-state index contributed by atoms with van der Waals surface area (Å²) >= 11 is 7.50. The lowest BCUT2D eigenvalue weighted by atomic mass is 10.3. The lowest BCUT2D eigenvalue weighted by molar-refractivity contribution is 0.656. The van der Waals surface area contributed by atoms with Gasteiger partial charge in [-0.25, -0.2) is 9.97 Å². The first-order chi connectivity index (χ1) is 10.3. The Balaban J connectivity index is 1.86. The number of thiazole rings is 1. The Kier molecular flexibility index (Phi) is 4.56. The Bertz CT molecular complexity index is 732. The van der Waals surface area contributed by atoms with Gasteiger partial charge in [0.15, 0.2) is 0 Å². The number of rotatable bonds is 6. The molecule has 3 aromatic rings. The summed E-state index contributed by atoms with van der Waals surface area (Å²) in [6, 6.07) is 8.35. The molecule has 0 bridgehead atoms. The number of imidazole rings is 1. The summed E-state index contributed by atoms with van der Waals surface area (Å²) < 4.78 is 2.33. The van der Waals surface area contributed by atoms with E-state index < -0.39 is 0 Å². The van der Waals surface area contributed by atoms with E-state index in [1.165, 1.54) is 11.3 Å². The minimum absolute atomic E-state index is 0.492. The number of hydrogen-bond donors (Lipinski definition) is 0. The van der Waals surface area contributed by atoms with Crippen LogP contribution in [0.15, 0.2) is 29.6 Å². The maximum absolute atomic E-state index is 5.81. The average Bonchev–Trinajstić information content (AvgIpc) is 3.09. The normalized spacial score (nSPS) is 11.3. The topological polar surface area (TPSA) is 30.7 Å². The van der Waals surface area contributed by atoms with Crippen molar-refractivity contribution in [1.29, 1.82) is 0 Å². The molecule has 0 saturated heterocycles. The van der Waals surface area contributed by atoms with Crippen molar-refractivity contribution in [2.24, 2.45) is 0 Å². The summed E-state index contributed by atoms with van der Waals surface area (Å²) in [5, 5.41) is 3.19. The molecule has 1 aromatic carbocycles. The molecule has 3 rings (SSSR count). The second-order valence-electron chi connectivity index (χ2n) is 5.03. The van der Waals surface area contributed by atoms with Crippen LogP contribution in [0.25, 0.3) is 11.0 Å². The minimum Gasteiger partial charge on any atom is -0.328 e. The van der Waals surface area contributed by atoms with Crippen LogP contribution in [0.1, 0.15) is 29.9 Å². The van der Waals surface area contributed by atoms with Crippen LogP contribution in [0, 0.1) is 0 Å². The van der Waals surface area contributed by atoms with E-state index in [0.29, 0.717) is 5.88 Å². The molecule has 5 heteroatoms. The highest BCUT2D eigenvalue weighted by molar-refractivity contribution is 7.09. The molecule has 2 heterocycles. The summed E-state index contributed by atoms with van der Waals surface area (Å²) in [5.41, 5.74) is 3.28. The van der Waals surface area contributed by atoms with Crippen LogP contribution in [0.4, 0.5) is 0 Å². The standard InChI is InChI=1S/C16H18ClN3S/c1-2-5-15-19-13-6-3-4-7-14(13)20(15)9-8-16-18-12(10-17)11-21-16/h3-4,6-7,11H,2,5,8-10H2,1H3. The number of aryl methyl sites for hydroxylation is 3. The van der Waals surface area contributed by atoms with Crippen LogP contribution in [-0.2, 0) is 25.3 Å². The van der Waals surface area contributed by atoms with E-state index in [0.717, 1.165) is 42.0 Å². The van der Waals surface area contributed by atoms with Crippen LogP contribution >= 0.6 is 22.9 Å². The zero-order chi connectivity index (χ0) is 14.7. The first-order valence-electron chi connectivity index (χ1n) is 7.25.